The van der Waals surface area contributed by atoms with E-state index in [1.807, 2.05) is 32.0 Å². The number of anilines is 2. The van der Waals surface area contributed by atoms with Gasteiger partial charge in [-0.1, -0.05) is 0 Å². The van der Waals surface area contributed by atoms with Crippen LogP contribution < -0.4 is 20.3 Å². The van der Waals surface area contributed by atoms with Crippen LogP contribution in [0.4, 0.5) is 11.6 Å². The first-order valence-electron chi connectivity index (χ1n) is 9.52. The minimum Gasteiger partial charge on any atom is -0.497 e. The third-order valence-electron chi connectivity index (χ3n) is 4.64. The number of hydrogen-bond acceptors (Lipinski definition) is 5. The van der Waals surface area contributed by atoms with Crippen molar-refractivity contribution in [2.24, 2.45) is 4.99 Å². The molecule has 0 radical (unpaired) electrons. The molecule has 2 heterocycles. The zero-order valence-electron chi connectivity index (χ0n) is 17.3. The Balaban J connectivity index is 1.72. The fraction of sp³-hybridized carbons (Fsp3) is 0.400. The van der Waals surface area contributed by atoms with E-state index in [1.54, 1.807) is 14.2 Å². The number of aromatic nitrogens is 2. The Morgan fingerprint density at radius 1 is 1.07 bits per heavy atom. The van der Waals surface area contributed by atoms with Gasteiger partial charge in [0.15, 0.2) is 5.11 Å². The molecule has 0 bridgehead atoms. The molecule has 154 valence electrons. The lowest BCUT2D eigenvalue weighted by molar-refractivity contribution is 0.385. The van der Waals surface area contributed by atoms with Gasteiger partial charge in [-0.05, 0) is 56.4 Å². The van der Waals surface area contributed by atoms with Crippen LogP contribution in [0.2, 0.25) is 0 Å². The topological polar surface area (TPSA) is 77.9 Å². The van der Waals surface area contributed by atoms with E-state index in [9.17, 15) is 0 Å². The maximum atomic E-state index is 5.26. The number of aryl methyl sites for hydroxylation is 2. The van der Waals surface area contributed by atoms with Crippen molar-refractivity contribution < 1.29 is 4.74 Å². The third-order valence-corrected chi connectivity index (χ3v) is 4.94. The van der Waals surface area contributed by atoms with Crippen LogP contribution in [0.3, 0.4) is 0 Å². The zero-order chi connectivity index (χ0) is 20.8. The van der Waals surface area contributed by atoms with Gasteiger partial charge in [-0.25, -0.2) is 9.97 Å². The van der Waals surface area contributed by atoms with Gasteiger partial charge in [0.1, 0.15) is 5.75 Å². The lowest BCUT2D eigenvalue weighted by Gasteiger charge is -2.37. The number of guanidine groups is 1. The number of aliphatic imine (C=N–C) groups is 1. The van der Waals surface area contributed by atoms with Crippen LogP contribution in [0.5, 0.6) is 5.75 Å². The lowest BCUT2D eigenvalue weighted by Crippen LogP contribution is -2.51. The van der Waals surface area contributed by atoms with Gasteiger partial charge in [-0.15, -0.1) is 0 Å². The van der Waals surface area contributed by atoms with Crippen molar-refractivity contribution >= 4 is 34.9 Å². The minimum atomic E-state index is 0.412. The molecule has 0 aliphatic carbocycles. The van der Waals surface area contributed by atoms with Gasteiger partial charge >= 0.3 is 0 Å². The van der Waals surface area contributed by atoms with Crippen molar-refractivity contribution in [3.05, 3.63) is 41.7 Å². The number of piperazine rings is 1. The molecule has 3 rings (SSSR count). The molecule has 1 fully saturated rings. The molecule has 0 spiro atoms. The highest BCUT2D eigenvalue weighted by Crippen LogP contribution is 2.20. The predicted octanol–water partition coefficient (Wildman–Crippen LogP) is 2.20. The minimum absolute atomic E-state index is 0.412. The highest BCUT2D eigenvalue weighted by atomic mass is 32.1. The van der Waals surface area contributed by atoms with E-state index >= 15 is 0 Å². The quantitative estimate of drug-likeness (QED) is 0.451. The first-order valence-corrected chi connectivity index (χ1v) is 9.93. The number of nitrogens with zero attached hydrogens (tertiary/aromatic N) is 5. The molecule has 1 aliphatic heterocycles. The zero-order valence-corrected chi connectivity index (χ0v) is 18.1. The van der Waals surface area contributed by atoms with Gasteiger partial charge < -0.3 is 19.9 Å². The summed E-state index contributed by atoms with van der Waals surface area (Å²) >= 11 is 5.26. The van der Waals surface area contributed by atoms with Crippen LogP contribution >= 0.6 is 12.2 Å². The Labute approximate surface area is 177 Å². The molecular weight excluding hydrogens is 386 g/mol. The molecule has 1 aromatic heterocycles. The van der Waals surface area contributed by atoms with Gasteiger partial charge in [0.2, 0.25) is 11.9 Å². The third kappa shape index (κ3) is 5.54. The molecule has 2 aromatic rings. The van der Waals surface area contributed by atoms with Crippen molar-refractivity contribution in [1.29, 1.82) is 0 Å². The molecule has 1 saturated heterocycles. The second-order valence-electron chi connectivity index (χ2n) is 6.76. The van der Waals surface area contributed by atoms with E-state index in [4.69, 9.17) is 17.0 Å². The first kappa shape index (κ1) is 20.8. The van der Waals surface area contributed by atoms with E-state index in [-0.39, 0.29) is 0 Å². The average Bonchev–Trinajstić information content (AvgIpc) is 2.72. The van der Waals surface area contributed by atoms with Gasteiger partial charge in [0.05, 0.1) is 7.11 Å². The summed E-state index contributed by atoms with van der Waals surface area (Å²) in [6.45, 7) is 7.23. The lowest BCUT2D eigenvalue weighted by atomic mass is 10.2. The number of hydrogen-bond donors (Lipinski definition) is 2. The van der Waals surface area contributed by atoms with Gasteiger partial charge in [-0.3, -0.25) is 5.32 Å². The van der Waals surface area contributed by atoms with Gasteiger partial charge in [-0.2, -0.15) is 4.99 Å². The normalized spacial score (nSPS) is 14.6. The maximum Gasteiger partial charge on any atom is 0.229 e. The van der Waals surface area contributed by atoms with Crippen molar-refractivity contribution in [2.45, 2.75) is 13.8 Å². The second-order valence-corrected chi connectivity index (χ2v) is 7.15. The number of ether oxygens (including phenoxy) is 1. The smallest absolute Gasteiger partial charge is 0.229 e. The molecule has 9 heteroatoms. The number of rotatable bonds is 3. The van der Waals surface area contributed by atoms with E-state index in [0.717, 1.165) is 43.3 Å². The van der Waals surface area contributed by atoms with Crippen LogP contribution in [0.1, 0.15) is 11.4 Å². The molecule has 0 atom stereocenters. The number of methoxy groups -OCH3 is 1. The molecule has 0 unspecified atom stereocenters. The maximum absolute atomic E-state index is 5.26. The van der Waals surface area contributed by atoms with Crippen molar-refractivity contribution in [3.63, 3.8) is 0 Å². The highest BCUT2D eigenvalue weighted by Gasteiger charge is 2.21. The highest BCUT2D eigenvalue weighted by molar-refractivity contribution is 7.80. The van der Waals surface area contributed by atoms with Crippen molar-refractivity contribution in [3.8, 4) is 5.75 Å². The number of nitrogens with one attached hydrogen (secondary N) is 2. The Kier molecular flexibility index (Phi) is 6.82. The number of thiocarbonyl (C=S) groups is 1. The average molecular weight is 414 g/mol. The molecule has 0 saturated carbocycles. The van der Waals surface area contributed by atoms with Crippen molar-refractivity contribution in [1.82, 2.24) is 20.2 Å². The Hall–Kier alpha value is -2.94. The van der Waals surface area contributed by atoms with Crippen LogP contribution in [0.25, 0.3) is 0 Å². The molecule has 1 aromatic carbocycles. The van der Waals surface area contributed by atoms with Crippen LogP contribution in [-0.2, 0) is 0 Å². The Bertz CT molecular complexity index is 857. The number of benzene rings is 1. The standard InChI is InChI=1S/C20H27N7OS/c1-14-13-15(2)23-18(22-14)24-19(25-20(29)21-3)27-11-9-26(10-12-27)16-5-7-17(28-4)8-6-16/h5-8,13H,9-12H2,1-4H3,(H2,21,22,23,24,25,29). The molecule has 2 N–H and O–H groups in total. The molecule has 1 aliphatic rings. The summed E-state index contributed by atoms with van der Waals surface area (Å²) in [6, 6.07) is 10.1. The van der Waals surface area contributed by atoms with E-state index in [1.165, 1.54) is 5.69 Å². The molecule has 29 heavy (non-hydrogen) atoms. The summed E-state index contributed by atoms with van der Waals surface area (Å²) < 4.78 is 5.25. The second kappa shape index (κ2) is 9.51. The van der Waals surface area contributed by atoms with E-state index in [0.29, 0.717) is 17.0 Å². The van der Waals surface area contributed by atoms with Crippen molar-refractivity contribution in [2.75, 3.05) is 50.6 Å². The van der Waals surface area contributed by atoms with Gasteiger partial charge in [0.25, 0.3) is 0 Å². The fourth-order valence-electron chi connectivity index (χ4n) is 3.18. The van der Waals surface area contributed by atoms with Crippen LogP contribution in [0, 0.1) is 13.8 Å². The summed E-state index contributed by atoms with van der Waals surface area (Å²) in [7, 11) is 3.44. The first-order chi connectivity index (χ1) is 14.0. The van der Waals surface area contributed by atoms with E-state index < -0.39 is 0 Å². The summed E-state index contributed by atoms with van der Waals surface area (Å²) in [5, 5.41) is 6.57. The van der Waals surface area contributed by atoms with E-state index in [2.05, 4.69) is 47.5 Å². The summed E-state index contributed by atoms with van der Waals surface area (Å²) in [6.07, 6.45) is 0. The summed E-state index contributed by atoms with van der Waals surface area (Å²) in [4.78, 5) is 18.0. The molecular formula is C20H27N7OS. The molecule has 0 amide bonds. The Morgan fingerprint density at radius 2 is 1.69 bits per heavy atom. The predicted molar refractivity (Wildman–Crippen MR) is 121 cm³/mol. The fourth-order valence-corrected chi connectivity index (χ4v) is 3.27. The monoisotopic (exact) mass is 413 g/mol. The largest absolute Gasteiger partial charge is 0.497 e. The summed E-state index contributed by atoms with van der Waals surface area (Å²) in [5.41, 5.74) is 2.99. The van der Waals surface area contributed by atoms with Gasteiger partial charge in [0, 0.05) is 50.3 Å². The van der Waals surface area contributed by atoms with Crippen LogP contribution in [0.15, 0.2) is 35.3 Å². The SMILES string of the molecule is CNC(=S)/N=C(/Nc1nc(C)cc(C)n1)N1CCN(c2ccc(OC)cc2)CC1. The molecule has 8 nitrogen and oxygen atoms in total. The summed E-state index contributed by atoms with van der Waals surface area (Å²) in [5.74, 6) is 2.04. The van der Waals surface area contributed by atoms with Crippen LogP contribution in [-0.4, -0.2) is 66.3 Å². The Morgan fingerprint density at radius 3 is 2.24 bits per heavy atom.